The number of hydrogen-bond donors (Lipinski definition) is 1. The smallest absolute Gasteiger partial charge is 0.309 e. The Bertz CT molecular complexity index is 217. The van der Waals surface area contributed by atoms with Gasteiger partial charge in [-0.3, -0.25) is 4.79 Å². The molecule has 3 nitrogen and oxygen atoms in total. The largest absolute Gasteiger partial charge is 0.481 e. The van der Waals surface area contributed by atoms with Crippen molar-refractivity contribution >= 4 is 5.97 Å². The minimum atomic E-state index is -0.703. The SMILES string of the molecule is CC(C)(C)OC1CCCCCC1C(=O)O. The average molecular weight is 214 g/mol. The molecule has 0 aromatic rings. The molecule has 1 aliphatic carbocycles. The van der Waals surface area contributed by atoms with Crippen LogP contribution in [0.3, 0.4) is 0 Å². The summed E-state index contributed by atoms with van der Waals surface area (Å²) in [6.07, 6.45) is 4.77. The Kier molecular flexibility index (Phi) is 4.14. The highest BCUT2D eigenvalue weighted by Crippen LogP contribution is 2.29. The van der Waals surface area contributed by atoms with E-state index in [0.717, 1.165) is 32.1 Å². The maximum atomic E-state index is 11.1. The molecule has 0 aliphatic heterocycles. The molecule has 0 amide bonds. The normalized spacial score (nSPS) is 28.5. The molecule has 1 N–H and O–H groups in total. The van der Waals surface area contributed by atoms with E-state index in [9.17, 15) is 4.79 Å². The Morgan fingerprint density at radius 1 is 1.20 bits per heavy atom. The summed E-state index contributed by atoms with van der Waals surface area (Å²) >= 11 is 0. The van der Waals surface area contributed by atoms with Crippen molar-refractivity contribution < 1.29 is 14.6 Å². The molecule has 1 fully saturated rings. The number of aliphatic carboxylic acids is 1. The van der Waals surface area contributed by atoms with Crippen LogP contribution in [0, 0.1) is 5.92 Å². The molecular formula is C12H22O3. The van der Waals surface area contributed by atoms with Gasteiger partial charge < -0.3 is 9.84 Å². The molecule has 0 saturated heterocycles. The van der Waals surface area contributed by atoms with Gasteiger partial charge >= 0.3 is 5.97 Å². The van der Waals surface area contributed by atoms with Crippen LogP contribution in [-0.4, -0.2) is 22.8 Å². The molecule has 0 heterocycles. The summed E-state index contributed by atoms with van der Waals surface area (Å²) in [7, 11) is 0. The molecule has 88 valence electrons. The van der Waals surface area contributed by atoms with Crippen LogP contribution >= 0.6 is 0 Å². The number of hydrogen-bond acceptors (Lipinski definition) is 2. The molecule has 0 aromatic heterocycles. The maximum absolute atomic E-state index is 11.1. The second-order valence-electron chi connectivity index (χ2n) is 5.35. The molecular weight excluding hydrogens is 192 g/mol. The van der Waals surface area contributed by atoms with Crippen LogP contribution in [0.2, 0.25) is 0 Å². The number of rotatable bonds is 2. The molecule has 0 spiro atoms. The first-order valence-corrected chi connectivity index (χ1v) is 5.81. The van der Waals surface area contributed by atoms with Crippen LogP contribution in [0.25, 0.3) is 0 Å². The van der Waals surface area contributed by atoms with Crippen LogP contribution in [0.5, 0.6) is 0 Å². The molecule has 2 unspecified atom stereocenters. The fraction of sp³-hybridized carbons (Fsp3) is 0.917. The third-order valence-electron chi connectivity index (χ3n) is 2.77. The van der Waals surface area contributed by atoms with Gasteiger partial charge in [-0.15, -0.1) is 0 Å². The van der Waals surface area contributed by atoms with Gasteiger partial charge in [0.2, 0.25) is 0 Å². The highest BCUT2D eigenvalue weighted by atomic mass is 16.5. The monoisotopic (exact) mass is 214 g/mol. The maximum Gasteiger partial charge on any atom is 0.309 e. The zero-order valence-corrected chi connectivity index (χ0v) is 9.95. The van der Waals surface area contributed by atoms with E-state index in [-0.39, 0.29) is 17.6 Å². The van der Waals surface area contributed by atoms with Crippen molar-refractivity contribution in [2.45, 2.75) is 64.6 Å². The Morgan fingerprint density at radius 2 is 1.80 bits per heavy atom. The highest BCUT2D eigenvalue weighted by molar-refractivity contribution is 5.70. The first-order chi connectivity index (χ1) is 6.90. The van der Waals surface area contributed by atoms with Crippen molar-refractivity contribution in [1.82, 2.24) is 0 Å². The summed E-state index contributed by atoms with van der Waals surface area (Å²) in [6.45, 7) is 5.95. The zero-order valence-electron chi connectivity index (χ0n) is 9.95. The number of ether oxygens (including phenoxy) is 1. The average Bonchev–Trinajstić information content (AvgIpc) is 2.26. The van der Waals surface area contributed by atoms with E-state index in [0.29, 0.717) is 0 Å². The standard InChI is InChI=1S/C12H22O3/c1-12(2,3)15-10-8-6-4-5-7-9(10)11(13)14/h9-10H,4-8H2,1-3H3,(H,13,14). The Balaban J connectivity index is 2.66. The summed E-state index contributed by atoms with van der Waals surface area (Å²) in [5.41, 5.74) is -0.247. The van der Waals surface area contributed by atoms with Crippen molar-refractivity contribution in [3.05, 3.63) is 0 Å². The quantitative estimate of drug-likeness (QED) is 0.719. The Hall–Kier alpha value is -0.570. The van der Waals surface area contributed by atoms with Gasteiger partial charge in [0, 0.05) is 0 Å². The van der Waals surface area contributed by atoms with Gasteiger partial charge in [-0.05, 0) is 33.6 Å². The molecule has 2 atom stereocenters. The van der Waals surface area contributed by atoms with Crippen LogP contribution in [-0.2, 0) is 9.53 Å². The summed E-state index contributed by atoms with van der Waals surface area (Å²) in [6, 6.07) is 0. The zero-order chi connectivity index (χ0) is 11.5. The number of carboxylic acid groups (broad SMARTS) is 1. The van der Waals surface area contributed by atoms with Crippen LogP contribution < -0.4 is 0 Å². The fourth-order valence-electron chi connectivity index (χ4n) is 2.15. The first-order valence-electron chi connectivity index (χ1n) is 5.81. The van der Waals surface area contributed by atoms with Gasteiger partial charge in [-0.2, -0.15) is 0 Å². The van der Waals surface area contributed by atoms with Crippen molar-refractivity contribution in [2.24, 2.45) is 5.92 Å². The van der Waals surface area contributed by atoms with Gasteiger partial charge in [0.25, 0.3) is 0 Å². The molecule has 1 saturated carbocycles. The summed E-state index contributed by atoms with van der Waals surface area (Å²) in [4.78, 5) is 11.1. The lowest BCUT2D eigenvalue weighted by atomic mass is 9.96. The van der Waals surface area contributed by atoms with Crippen molar-refractivity contribution in [1.29, 1.82) is 0 Å². The van der Waals surface area contributed by atoms with Crippen molar-refractivity contribution in [3.63, 3.8) is 0 Å². The van der Waals surface area contributed by atoms with E-state index in [1.54, 1.807) is 0 Å². The van der Waals surface area contributed by atoms with E-state index >= 15 is 0 Å². The van der Waals surface area contributed by atoms with Gasteiger partial charge in [0.1, 0.15) is 0 Å². The van der Waals surface area contributed by atoms with Crippen LogP contribution in [0.1, 0.15) is 52.9 Å². The predicted molar refractivity (Wildman–Crippen MR) is 58.8 cm³/mol. The molecule has 15 heavy (non-hydrogen) atoms. The lowest BCUT2D eigenvalue weighted by Gasteiger charge is -2.30. The Morgan fingerprint density at radius 3 is 2.33 bits per heavy atom. The van der Waals surface area contributed by atoms with E-state index in [1.807, 2.05) is 20.8 Å². The topological polar surface area (TPSA) is 46.5 Å². The van der Waals surface area contributed by atoms with Crippen molar-refractivity contribution in [3.8, 4) is 0 Å². The van der Waals surface area contributed by atoms with Crippen LogP contribution in [0.4, 0.5) is 0 Å². The molecule has 3 heteroatoms. The lowest BCUT2D eigenvalue weighted by molar-refractivity contribution is -0.154. The minimum absolute atomic E-state index is 0.106. The molecule has 0 bridgehead atoms. The fourth-order valence-corrected chi connectivity index (χ4v) is 2.15. The van der Waals surface area contributed by atoms with E-state index < -0.39 is 5.97 Å². The molecule has 1 aliphatic rings. The number of carboxylic acids is 1. The molecule has 1 rings (SSSR count). The summed E-state index contributed by atoms with van der Waals surface area (Å²) in [5, 5.41) is 9.15. The highest BCUT2D eigenvalue weighted by Gasteiger charge is 2.32. The Labute approximate surface area is 91.8 Å². The third-order valence-corrected chi connectivity index (χ3v) is 2.77. The molecule has 0 aromatic carbocycles. The summed E-state index contributed by atoms with van der Waals surface area (Å²) in [5.74, 6) is -1.02. The third kappa shape index (κ3) is 4.20. The van der Waals surface area contributed by atoms with E-state index in [2.05, 4.69) is 0 Å². The van der Waals surface area contributed by atoms with E-state index in [1.165, 1.54) is 0 Å². The van der Waals surface area contributed by atoms with Gasteiger partial charge in [-0.25, -0.2) is 0 Å². The van der Waals surface area contributed by atoms with Crippen LogP contribution in [0.15, 0.2) is 0 Å². The van der Waals surface area contributed by atoms with E-state index in [4.69, 9.17) is 9.84 Å². The van der Waals surface area contributed by atoms with Crippen molar-refractivity contribution in [2.75, 3.05) is 0 Å². The number of carbonyl (C=O) groups is 1. The molecule has 0 radical (unpaired) electrons. The second-order valence-corrected chi connectivity index (χ2v) is 5.35. The summed E-state index contributed by atoms with van der Waals surface area (Å²) < 4.78 is 5.85. The van der Waals surface area contributed by atoms with Gasteiger partial charge in [-0.1, -0.05) is 19.3 Å². The second kappa shape index (κ2) is 4.97. The predicted octanol–water partition coefficient (Wildman–Crippen LogP) is 2.84. The lowest BCUT2D eigenvalue weighted by Crippen LogP contribution is -2.36. The van der Waals surface area contributed by atoms with Gasteiger partial charge in [0.05, 0.1) is 17.6 Å². The minimum Gasteiger partial charge on any atom is -0.481 e. The first kappa shape index (κ1) is 12.5. The van der Waals surface area contributed by atoms with Gasteiger partial charge in [0.15, 0.2) is 0 Å².